The van der Waals surface area contributed by atoms with Crippen molar-refractivity contribution in [2.45, 2.75) is 50.6 Å². The number of aryl methyl sites for hydroxylation is 2. The number of carbonyl (C=O) groups excluding carboxylic acids is 1. The van der Waals surface area contributed by atoms with Gasteiger partial charge in [-0.05, 0) is 41.9 Å². The van der Waals surface area contributed by atoms with Gasteiger partial charge in [-0.25, -0.2) is 9.13 Å². The van der Waals surface area contributed by atoms with Crippen LogP contribution in [-0.2, 0) is 23.2 Å². The molecule has 0 unspecified atom stereocenters. The molecule has 0 radical (unpaired) electrons. The molecule has 1 aliphatic carbocycles. The van der Waals surface area contributed by atoms with E-state index < -0.39 is 5.41 Å². The molecule has 186 valence electrons. The van der Waals surface area contributed by atoms with Gasteiger partial charge in [-0.15, -0.1) is 0 Å². The third-order valence-electron chi connectivity index (χ3n) is 7.94. The largest absolute Gasteiger partial charge is 1.00 e. The molecule has 5 rings (SSSR count). The van der Waals surface area contributed by atoms with E-state index in [2.05, 4.69) is 83.0 Å². The number of rotatable bonds is 8. The van der Waals surface area contributed by atoms with Crippen molar-refractivity contribution in [2.75, 3.05) is 0 Å². The minimum absolute atomic E-state index is 0. The predicted molar refractivity (Wildman–Crippen MR) is 139 cm³/mol. The molecule has 2 atom stereocenters. The zero-order valence-corrected chi connectivity index (χ0v) is 22.3. The molecule has 1 heterocycles. The Labute approximate surface area is 224 Å². The second kappa shape index (κ2) is 11.3. The Morgan fingerprint density at radius 3 is 2.03 bits per heavy atom. The maximum atomic E-state index is 13.4. The number of hydrogen-bond donors (Lipinski definition) is 1. The van der Waals surface area contributed by atoms with E-state index in [1.165, 1.54) is 11.4 Å². The smallest absolute Gasteiger partial charge is 0.253 e. The van der Waals surface area contributed by atoms with Gasteiger partial charge in [0, 0.05) is 13.3 Å². The molecular weight excluding hydrogens is 510 g/mol. The van der Waals surface area contributed by atoms with Crippen LogP contribution in [0.15, 0.2) is 103 Å². The summed E-state index contributed by atoms with van der Waals surface area (Å²) in [5, 5.41) is 0. The molecule has 0 spiro atoms. The van der Waals surface area contributed by atoms with Gasteiger partial charge in [0.15, 0.2) is 0 Å². The van der Waals surface area contributed by atoms with E-state index >= 15 is 0 Å². The van der Waals surface area contributed by atoms with E-state index in [0.717, 1.165) is 43.4 Å². The fourth-order valence-electron chi connectivity index (χ4n) is 6.16. The van der Waals surface area contributed by atoms with Crippen molar-refractivity contribution in [2.24, 2.45) is 11.7 Å². The molecule has 5 heteroatoms. The number of hydrogen-bond acceptors (Lipinski definition) is 1. The van der Waals surface area contributed by atoms with Gasteiger partial charge in [0.1, 0.15) is 23.9 Å². The number of carbonyl (C=O) groups is 1. The molecule has 4 nitrogen and oxygen atoms in total. The van der Waals surface area contributed by atoms with Gasteiger partial charge in [0.05, 0.1) is 6.54 Å². The number of aromatic nitrogens is 2. The molecule has 4 aromatic rings. The quantitative estimate of drug-likeness (QED) is 0.340. The van der Waals surface area contributed by atoms with E-state index in [-0.39, 0.29) is 28.8 Å². The van der Waals surface area contributed by atoms with Gasteiger partial charge in [0.25, 0.3) is 5.82 Å². The van der Waals surface area contributed by atoms with Crippen molar-refractivity contribution in [3.05, 3.63) is 126 Å². The normalized spacial score (nSPS) is 17.5. The lowest BCUT2D eigenvalue weighted by atomic mass is 9.64. The molecule has 1 aromatic heterocycles. The highest BCUT2D eigenvalue weighted by atomic mass is 79.9. The summed E-state index contributed by atoms with van der Waals surface area (Å²) in [6.07, 6.45) is 8.33. The monoisotopic (exact) mass is 543 g/mol. The summed E-state index contributed by atoms with van der Waals surface area (Å²) < 4.78 is 4.75. The van der Waals surface area contributed by atoms with Crippen LogP contribution in [0.2, 0.25) is 0 Å². The highest BCUT2D eigenvalue weighted by Gasteiger charge is 2.51. The number of halogens is 1. The molecule has 1 aliphatic rings. The molecule has 36 heavy (non-hydrogen) atoms. The maximum Gasteiger partial charge on any atom is 0.253 e. The molecule has 0 saturated heterocycles. The first-order valence-corrected chi connectivity index (χ1v) is 12.6. The SMILES string of the molecule is Cc1n([C@@H]2CC[C@@H](C(C(N)=O)(c3ccccc3)c3ccccc3)C2)cc[n+]1CCc1ccccc1.[Br-]. The Balaban J connectivity index is 0.00000304. The topological polar surface area (TPSA) is 51.9 Å². The fraction of sp³-hybridized carbons (Fsp3) is 0.290. The summed E-state index contributed by atoms with van der Waals surface area (Å²) in [5.74, 6) is 1.13. The van der Waals surface area contributed by atoms with E-state index in [4.69, 9.17) is 5.73 Å². The Morgan fingerprint density at radius 2 is 1.47 bits per heavy atom. The summed E-state index contributed by atoms with van der Waals surface area (Å²) >= 11 is 0. The summed E-state index contributed by atoms with van der Waals surface area (Å²) in [5.41, 5.74) is 8.78. The first kappa shape index (κ1) is 25.9. The zero-order chi connectivity index (χ0) is 24.3. The van der Waals surface area contributed by atoms with Crippen LogP contribution >= 0.6 is 0 Å². The van der Waals surface area contributed by atoms with Crippen LogP contribution in [0.25, 0.3) is 0 Å². The van der Waals surface area contributed by atoms with Gasteiger partial charge in [0.2, 0.25) is 5.91 Å². The van der Waals surface area contributed by atoms with Crippen LogP contribution in [0.4, 0.5) is 0 Å². The Hall–Kier alpha value is -3.18. The third kappa shape index (κ3) is 4.77. The average Bonchev–Trinajstić information content (AvgIpc) is 3.52. The number of nitrogens with zero attached hydrogens (tertiary/aromatic N) is 2. The molecular formula is C31H34BrN3O. The Bertz CT molecular complexity index is 1230. The minimum atomic E-state index is -0.832. The molecule has 1 amide bonds. The summed E-state index contributed by atoms with van der Waals surface area (Å²) in [6.45, 7) is 3.16. The Kier molecular flexibility index (Phi) is 8.10. The molecule has 2 N–H and O–H groups in total. The van der Waals surface area contributed by atoms with Crippen LogP contribution < -0.4 is 27.3 Å². The minimum Gasteiger partial charge on any atom is -1.00 e. The number of amides is 1. The van der Waals surface area contributed by atoms with Crippen molar-refractivity contribution >= 4 is 5.91 Å². The van der Waals surface area contributed by atoms with Crippen molar-refractivity contribution in [1.29, 1.82) is 0 Å². The summed E-state index contributed by atoms with van der Waals surface area (Å²) in [4.78, 5) is 13.4. The number of imidazole rings is 1. The van der Waals surface area contributed by atoms with Crippen LogP contribution in [0.1, 0.15) is 47.8 Å². The number of primary amides is 1. The van der Waals surface area contributed by atoms with Gasteiger partial charge < -0.3 is 22.7 Å². The first-order chi connectivity index (χ1) is 17.1. The summed E-state index contributed by atoms with van der Waals surface area (Å²) in [7, 11) is 0. The lowest BCUT2D eigenvalue weighted by Crippen LogP contribution is -3.00. The molecule has 0 aliphatic heterocycles. The molecule has 0 bridgehead atoms. The van der Waals surface area contributed by atoms with Gasteiger partial charge in [-0.1, -0.05) is 91.0 Å². The number of benzene rings is 3. The van der Waals surface area contributed by atoms with Crippen molar-refractivity contribution in [3.63, 3.8) is 0 Å². The highest BCUT2D eigenvalue weighted by molar-refractivity contribution is 5.91. The molecule has 1 fully saturated rings. The maximum absolute atomic E-state index is 13.4. The third-order valence-corrected chi connectivity index (χ3v) is 7.94. The summed E-state index contributed by atoms with van der Waals surface area (Å²) in [6, 6.07) is 31.2. The highest BCUT2D eigenvalue weighted by Crippen LogP contribution is 2.49. The van der Waals surface area contributed by atoms with E-state index in [9.17, 15) is 4.79 Å². The van der Waals surface area contributed by atoms with Crippen LogP contribution in [0, 0.1) is 12.8 Å². The van der Waals surface area contributed by atoms with Gasteiger partial charge in [-0.2, -0.15) is 0 Å². The van der Waals surface area contributed by atoms with Gasteiger partial charge in [-0.3, -0.25) is 4.79 Å². The predicted octanol–water partition coefficient (Wildman–Crippen LogP) is 2.14. The van der Waals surface area contributed by atoms with E-state index in [0.29, 0.717) is 6.04 Å². The first-order valence-electron chi connectivity index (χ1n) is 12.6. The average molecular weight is 545 g/mol. The lowest BCUT2D eigenvalue weighted by Gasteiger charge is -2.37. The van der Waals surface area contributed by atoms with Crippen molar-refractivity contribution < 1.29 is 26.3 Å². The lowest BCUT2D eigenvalue weighted by molar-refractivity contribution is -0.702. The van der Waals surface area contributed by atoms with E-state index in [1.807, 2.05) is 36.4 Å². The molecule has 3 aromatic carbocycles. The van der Waals surface area contributed by atoms with Crippen molar-refractivity contribution in [1.82, 2.24) is 4.57 Å². The molecule has 1 saturated carbocycles. The zero-order valence-electron chi connectivity index (χ0n) is 20.8. The fourth-order valence-corrected chi connectivity index (χ4v) is 6.16. The number of nitrogens with two attached hydrogens (primary N) is 1. The Morgan fingerprint density at radius 1 is 0.917 bits per heavy atom. The van der Waals surface area contributed by atoms with Gasteiger partial charge >= 0.3 is 0 Å². The standard InChI is InChI=1S/C31H33N3O.BrH/c1-24-33(20-19-25-11-5-2-6-12-25)21-22-34(24)29-18-17-28(23-29)31(30(32)35,26-13-7-3-8-14-26)27-15-9-4-10-16-27;/h2-16,21-22,28-29H,17-20,23H2,1H3,(H-,32,35);1H/t28-,29-;/m1./s1. The second-order valence-corrected chi connectivity index (χ2v) is 9.75. The van der Waals surface area contributed by atoms with Crippen LogP contribution in [0.3, 0.4) is 0 Å². The van der Waals surface area contributed by atoms with E-state index in [1.54, 1.807) is 0 Å². The van der Waals surface area contributed by atoms with Crippen LogP contribution in [0.5, 0.6) is 0 Å². The second-order valence-electron chi connectivity index (χ2n) is 9.75. The van der Waals surface area contributed by atoms with Crippen LogP contribution in [-0.4, -0.2) is 10.5 Å². The van der Waals surface area contributed by atoms with Crippen molar-refractivity contribution in [3.8, 4) is 0 Å².